The number of benzene rings is 1. The molecule has 1 saturated heterocycles. The third-order valence-corrected chi connectivity index (χ3v) is 2.31. The van der Waals surface area contributed by atoms with Gasteiger partial charge in [0.05, 0.1) is 11.6 Å². The molecule has 0 saturated carbocycles. The maximum absolute atomic E-state index is 12.3. The Balaban J connectivity index is 2.17. The molecule has 6 heteroatoms. The predicted octanol–water partition coefficient (Wildman–Crippen LogP) is 2.49. The Bertz CT molecular complexity index is 400. The molecule has 0 radical (unpaired) electrons. The van der Waals surface area contributed by atoms with Gasteiger partial charge in [-0.05, 0) is 17.7 Å². The van der Waals surface area contributed by atoms with Gasteiger partial charge < -0.3 is 10.1 Å². The second kappa shape index (κ2) is 3.70. The first-order valence-corrected chi connectivity index (χ1v) is 4.57. The highest BCUT2D eigenvalue weighted by Gasteiger charge is 2.31. The Morgan fingerprint density at radius 2 is 1.88 bits per heavy atom. The van der Waals surface area contributed by atoms with Crippen LogP contribution in [0.25, 0.3) is 0 Å². The van der Waals surface area contributed by atoms with Gasteiger partial charge in [0, 0.05) is 0 Å². The van der Waals surface area contributed by atoms with E-state index in [4.69, 9.17) is 0 Å². The summed E-state index contributed by atoms with van der Waals surface area (Å²) in [6.07, 6.45) is -4.89. The lowest BCUT2D eigenvalue weighted by atomic mass is 10.1. The first-order valence-electron chi connectivity index (χ1n) is 4.57. The zero-order valence-electron chi connectivity index (χ0n) is 8.04. The van der Waals surface area contributed by atoms with E-state index in [1.165, 1.54) is 12.1 Å². The number of hydrogen-bond donors (Lipinski definition) is 1. The molecule has 1 atom stereocenters. The number of carbonyl (C=O) groups is 1. The molecule has 1 amide bonds. The molecule has 2 rings (SSSR count). The van der Waals surface area contributed by atoms with E-state index in [0.717, 1.165) is 12.1 Å². The van der Waals surface area contributed by atoms with E-state index in [9.17, 15) is 18.0 Å². The fraction of sp³-hybridized carbons (Fsp3) is 0.300. The molecule has 0 aliphatic carbocycles. The first kappa shape index (κ1) is 10.8. The molecule has 16 heavy (non-hydrogen) atoms. The van der Waals surface area contributed by atoms with Gasteiger partial charge in [-0.3, -0.25) is 0 Å². The van der Waals surface area contributed by atoms with Gasteiger partial charge in [0.15, 0.2) is 0 Å². The summed E-state index contributed by atoms with van der Waals surface area (Å²) in [6, 6.07) is 4.28. The largest absolute Gasteiger partial charge is 0.447 e. The minimum absolute atomic E-state index is 0.143. The molecule has 0 aromatic heterocycles. The van der Waals surface area contributed by atoms with E-state index in [2.05, 4.69) is 10.1 Å². The van der Waals surface area contributed by atoms with Crippen molar-refractivity contribution in [2.75, 3.05) is 6.61 Å². The van der Waals surface area contributed by atoms with Crippen molar-refractivity contribution in [1.29, 1.82) is 0 Å². The summed E-state index contributed by atoms with van der Waals surface area (Å²) in [5, 5.41) is 2.49. The molecule has 0 unspecified atom stereocenters. The van der Waals surface area contributed by atoms with Crippen LogP contribution in [0, 0.1) is 0 Å². The van der Waals surface area contributed by atoms with Gasteiger partial charge in [0.2, 0.25) is 0 Å². The number of carbonyl (C=O) groups excluding carboxylic acids is 1. The van der Waals surface area contributed by atoms with Crippen LogP contribution in [0.15, 0.2) is 24.3 Å². The van der Waals surface area contributed by atoms with Gasteiger partial charge in [-0.25, -0.2) is 4.79 Å². The Kier molecular flexibility index (Phi) is 2.49. The van der Waals surface area contributed by atoms with Crippen molar-refractivity contribution in [2.24, 2.45) is 0 Å². The van der Waals surface area contributed by atoms with Gasteiger partial charge in [-0.1, -0.05) is 12.1 Å². The van der Waals surface area contributed by atoms with E-state index < -0.39 is 17.8 Å². The number of cyclic esters (lactones) is 1. The van der Waals surface area contributed by atoms with Crippen LogP contribution in [0.5, 0.6) is 0 Å². The summed E-state index contributed by atoms with van der Waals surface area (Å²) in [5.41, 5.74) is -0.111. The molecular formula is C10H8F3NO2. The summed E-state index contributed by atoms with van der Waals surface area (Å²) >= 11 is 0. The zero-order valence-corrected chi connectivity index (χ0v) is 8.04. The fourth-order valence-electron chi connectivity index (χ4n) is 1.47. The molecule has 1 heterocycles. The maximum Gasteiger partial charge on any atom is 0.416 e. The smallest absolute Gasteiger partial charge is 0.416 e. The highest BCUT2D eigenvalue weighted by molar-refractivity contribution is 5.70. The minimum Gasteiger partial charge on any atom is -0.447 e. The number of rotatable bonds is 1. The molecular weight excluding hydrogens is 223 g/mol. The molecule has 0 spiro atoms. The van der Waals surface area contributed by atoms with Crippen molar-refractivity contribution in [3.8, 4) is 0 Å². The Hall–Kier alpha value is -1.72. The molecule has 1 aliphatic rings. The predicted molar refractivity (Wildman–Crippen MR) is 48.7 cm³/mol. The van der Waals surface area contributed by atoms with Crippen molar-refractivity contribution in [2.45, 2.75) is 12.2 Å². The molecule has 86 valence electrons. The lowest BCUT2D eigenvalue weighted by Crippen LogP contribution is -2.18. The highest BCUT2D eigenvalue weighted by atomic mass is 19.4. The molecule has 1 N–H and O–H groups in total. The molecule has 1 aromatic rings. The van der Waals surface area contributed by atoms with E-state index in [-0.39, 0.29) is 12.6 Å². The lowest BCUT2D eigenvalue weighted by Gasteiger charge is -2.10. The number of halogens is 3. The average Bonchev–Trinajstić information content (AvgIpc) is 2.64. The third-order valence-electron chi connectivity index (χ3n) is 2.31. The zero-order chi connectivity index (χ0) is 11.8. The van der Waals surface area contributed by atoms with E-state index >= 15 is 0 Å². The average molecular weight is 231 g/mol. The Morgan fingerprint density at radius 3 is 2.31 bits per heavy atom. The SMILES string of the molecule is O=C1N[C@@H](c2ccc(C(F)(F)F)cc2)CO1. The molecule has 1 aliphatic heterocycles. The van der Waals surface area contributed by atoms with Crippen LogP contribution in [0.4, 0.5) is 18.0 Å². The van der Waals surface area contributed by atoms with Gasteiger partial charge in [-0.2, -0.15) is 13.2 Å². The summed E-state index contributed by atoms with van der Waals surface area (Å²) < 4.78 is 41.4. The number of ether oxygens (including phenoxy) is 1. The highest BCUT2D eigenvalue weighted by Crippen LogP contribution is 2.30. The normalized spacial score (nSPS) is 20.4. The number of amides is 1. The van der Waals surface area contributed by atoms with Crippen LogP contribution in [0.3, 0.4) is 0 Å². The Labute approximate surface area is 89.2 Å². The number of nitrogens with one attached hydrogen (secondary N) is 1. The monoisotopic (exact) mass is 231 g/mol. The minimum atomic E-state index is -4.34. The second-order valence-corrected chi connectivity index (χ2v) is 3.42. The summed E-state index contributed by atoms with van der Waals surface area (Å²) in [5.74, 6) is 0. The summed E-state index contributed by atoms with van der Waals surface area (Å²) in [7, 11) is 0. The Morgan fingerprint density at radius 1 is 1.25 bits per heavy atom. The first-order chi connectivity index (χ1) is 7.47. The van der Waals surface area contributed by atoms with Crippen LogP contribution >= 0.6 is 0 Å². The van der Waals surface area contributed by atoms with Gasteiger partial charge in [-0.15, -0.1) is 0 Å². The van der Waals surface area contributed by atoms with E-state index in [1.54, 1.807) is 0 Å². The molecule has 0 bridgehead atoms. The standard InChI is InChI=1S/C10H8F3NO2/c11-10(12,13)7-3-1-6(2-4-7)8-5-16-9(15)14-8/h1-4,8H,5H2,(H,14,15)/t8-/m1/s1. The van der Waals surface area contributed by atoms with Gasteiger partial charge >= 0.3 is 12.3 Å². The molecule has 3 nitrogen and oxygen atoms in total. The fourth-order valence-corrected chi connectivity index (χ4v) is 1.47. The second-order valence-electron chi connectivity index (χ2n) is 3.42. The number of hydrogen-bond acceptors (Lipinski definition) is 2. The van der Waals surface area contributed by atoms with Crippen molar-refractivity contribution in [1.82, 2.24) is 5.32 Å². The number of alkyl halides is 3. The summed E-state index contributed by atoms with van der Waals surface area (Å²) in [6.45, 7) is 0.143. The number of alkyl carbamates (subject to hydrolysis) is 1. The van der Waals surface area contributed by atoms with Gasteiger partial charge in [0.1, 0.15) is 6.61 Å². The van der Waals surface area contributed by atoms with Crippen molar-refractivity contribution >= 4 is 6.09 Å². The lowest BCUT2D eigenvalue weighted by molar-refractivity contribution is -0.137. The quantitative estimate of drug-likeness (QED) is 0.806. The molecule has 1 aromatic carbocycles. The molecule has 1 fully saturated rings. The topological polar surface area (TPSA) is 38.3 Å². The van der Waals surface area contributed by atoms with Crippen LogP contribution in [-0.2, 0) is 10.9 Å². The van der Waals surface area contributed by atoms with Crippen molar-refractivity contribution < 1.29 is 22.7 Å². The van der Waals surface area contributed by atoms with Crippen LogP contribution < -0.4 is 5.32 Å². The van der Waals surface area contributed by atoms with Gasteiger partial charge in [0.25, 0.3) is 0 Å². The van der Waals surface area contributed by atoms with Crippen LogP contribution in [-0.4, -0.2) is 12.7 Å². The van der Waals surface area contributed by atoms with Crippen LogP contribution in [0.1, 0.15) is 17.2 Å². The van der Waals surface area contributed by atoms with Crippen LogP contribution in [0.2, 0.25) is 0 Å². The third kappa shape index (κ3) is 2.10. The van der Waals surface area contributed by atoms with Crippen molar-refractivity contribution in [3.05, 3.63) is 35.4 Å². The van der Waals surface area contributed by atoms with Crippen molar-refractivity contribution in [3.63, 3.8) is 0 Å². The maximum atomic E-state index is 12.3. The van der Waals surface area contributed by atoms with E-state index in [1.807, 2.05) is 0 Å². The van der Waals surface area contributed by atoms with E-state index in [0.29, 0.717) is 5.56 Å². The summed E-state index contributed by atoms with van der Waals surface area (Å²) in [4.78, 5) is 10.7.